The van der Waals surface area contributed by atoms with Crippen molar-refractivity contribution in [3.63, 3.8) is 0 Å². The van der Waals surface area contributed by atoms with Crippen LogP contribution in [-0.2, 0) is 4.79 Å². The molecule has 4 nitrogen and oxygen atoms in total. The molecule has 0 spiro atoms. The van der Waals surface area contributed by atoms with Crippen LogP contribution >= 0.6 is 0 Å². The van der Waals surface area contributed by atoms with Crippen molar-refractivity contribution in [1.29, 1.82) is 0 Å². The van der Waals surface area contributed by atoms with Crippen LogP contribution in [0, 0.1) is 29.5 Å². The van der Waals surface area contributed by atoms with Crippen LogP contribution in [0.1, 0.15) is 25.7 Å². The molecule has 3 fully saturated rings. The van der Waals surface area contributed by atoms with Gasteiger partial charge in [0, 0.05) is 31.4 Å². The minimum Gasteiger partial charge on any atom is -0.371 e. The molecular weight excluding hydrogens is 305 g/mol. The molecule has 0 aromatic heterocycles. The van der Waals surface area contributed by atoms with E-state index >= 15 is 0 Å². The molecule has 1 aromatic rings. The fraction of sp³-hybridized carbons (Fsp3) is 0.632. The highest BCUT2D eigenvalue weighted by atomic mass is 19.1. The topological polar surface area (TPSA) is 58.4 Å². The van der Waals surface area contributed by atoms with E-state index in [1.54, 1.807) is 0 Å². The summed E-state index contributed by atoms with van der Waals surface area (Å²) >= 11 is 0. The van der Waals surface area contributed by atoms with E-state index in [2.05, 4.69) is 10.2 Å². The second kappa shape index (κ2) is 6.36. The van der Waals surface area contributed by atoms with Crippen molar-refractivity contribution < 1.29 is 9.18 Å². The molecule has 4 rings (SSSR count). The third-order valence-corrected chi connectivity index (χ3v) is 6.33. The van der Waals surface area contributed by atoms with Gasteiger partial charge in [0.05, 0.1) is 5.92 Å². The van der Waals surface area contributed by atoms with Gasteiger partial charge in [0.1, 0.15) is 5.82 Å². The molecule has 5 unspecified atom stereocenters. The van der Waals surface area contributed by atoms with Crippen molar-refractivity contribution in [2.75, 3.05) is 24.5 Å². The molecule has 3 aliphatic rings. The number of hydrogen-bond acceptors (Lipinski definition) is 3. The van der Waals surface area contributed by atoms with Gasteiger partial charge in [-0.05, 0) is 67.7 Å². The van der Waals surface area contributed by atoms with Crippen LogP contribution in [0.25, 0.3) is 0 Å². The molecular formula is C19H26FN3O. The minimum absolute atomic E-state index is 0.0263. The fourth-order valence-electron chi connectivity index (χ4n) is 4.97. The number of hydrogen-bond donors (Lipinski definition) is 2. The summed E-state index contributed by atoms with van der Waals surface area (Å²) in [7, 11) is 0. The molecule has 5 atom stereocenters. The van der Waals surface area contributed by atoms with Crippen LogP contribution in [0.5, 0.6) is 0 Å². The summed E-state index contributed by atoms with van der Waals surface area (Å²) in [6.45, 7) is 2.59. The number of rotatable bonds is 4. The molecule has 1 aliphatic heterocycles. The van der Waals surface area contributed by atoms with E-state index in [9.17, 15) is 9.18 Å². The predicted octanol–water partition coefficient (Wildman–Crippen LogP) is 2.14. The van der Waals surface area contributed by atoms with E-state index in [1.165, 1.54) is 18.6 Å². The van der Waals surface area contributed by atoms with Gasteiger partial charge in [0.25, 0.3) is 0 Å². The summed E-state index contributed by atoms with van der Waals surface area (Å²) in [5.41, 5.74) is 7.32. The molecule has 2 bridgehead atoms. The zero-order chi connectivity index (χ0) is 16.7. The number of halogens is 1. The summed E-state index contributed by atoms with van der Waals surface area (Å²) in [5.74, 6) is 1.50. The average Bonchev–Trinajstić information content (AvgIpc) is 3.29. The zero-order valence-corrected chi connectivity index (χ0v) is 14.0. The molecule has 1 saturated heterocycles. The van der Waals surface area contributed by atoms with Crippen molar-refractivity contribution in [3.05, 3.63) is 30.1 Å². The molecule has 2 aliphatic carbocycles. The van der Waals surface area contributed by atoms with Crippen molar-refractivity contribution >= 4 is 11.6 Å². The molecule has 1 heterocycles. The summed E-state index contributed by atoms with van der Waals surface area (Å²) in [4.78, 5) is 14.8. The Morgan fingerprint density at radius 2 is 1.96 bits per heavy atom. The third kappa shape index (κ3) is 2.90. The first kappa shape index (κ1) is 15.9. The highest BCUT2D eigenvalue weighted by Gasteiger charge is 2.49. The number of nitrogens with zero attached hydrogens (tertiary/aromatic N) is 1. The lowest BCUT2D eigenvalue weighted by molar-refractivity contribution is -0.127. The average molecular weight is 331 g/mol. The van der Waals surface area contributed by atoms with Crippen molar-refractivity contribution in [2.45, 2.75) is 31.7 Å². The summed E-state index contributed by atoms with van der Waals surface area (Å²) < 4.78 is 13.0. The maximum Gasteiger partial charge on any atom is 0.224 e. The normalized spacial score (nSPS) is 34.8. The Balaban J connectivity index is 1.28. The van der Waals surface area contributed by atoms with E-state index in [0.29, 0.717) is 17.8 Å². The highest BCUT2D eigenvalue weighted by Crippen LogP contribution is 2.47. The minimum atomic E-state index is -0.205. The molecule has 2 saturated carbocycles. The SMILES string of the molecule is NC1C2CCC(C2)C1C(=O)NCC1CCN(c2ccc(F)cc2)C1. The molecule has 130 valence electrons. The lowest BCUT2D eigenvalue weighted by Crippen LogP contribution is -2.46. The summed E-state index contributed by atoms with van der Waals surface area (Å²) in [5, 5.41) is 3.16. The Kier molecular flexibility index (Phi) is 4.21. The first-order chi connectivity index (χ1) is 11.6. The smallest absolute Gasteiger partial charge is 0.224 e. The van der Waals surface area contributed by atoms with E-state index in [0.717, 1.165) is 44.6 Å². The van der Waals surface area contributed by atoms with Crippen LogP contribution in [0.2, 0.25) is 0 Å². The van der Waals surface area contributed by atoms with Gasteiger partial charge in [0.2, 0.25) is 5.91 Å². The quantitative estimate of drug-likeness (QED) is 0.889. The Morgan fingerprint density at radius 1 is 1.21 bits per heavy atom. The van der Waals surface area contributed by atoms with Crippen LogP contribution in [0.3, 0.4) is 0 Å². The van der Waals surface area contributed by atoms with Gasteiger partial charge in [-0.2, -0.15) is 0 Å². The van der Waals surface area contributed by atoms with Crippen LogP contribution < -0.4 is 16.0 Å². The fourth-order valence-corrected chi connectivity index (χ4v) is 4.97. The van der Waals surface area contributed by atoms with Gasteiger partial charge >= 0.3 is 0 Å². The number of amides is 1. The number of anilines is 1. The van der Waals surface area contributed by atoms with Gasteiger partial charge in [-0.3, -0.25) is 4.79 Å². The first-order valence-corrected chi connectivity index (χ1v) is 9.15. The number of fused-ring (bicyclic) bond motifs is 2. The van der Waals surface area contributed by atoms with E-state index in [-0.39, 0.29) is 23.7 Å². The van der Waals surface area contributed by atoms with Crippen LogP contribution in [0.15, 0.2) is 24.3 Å². The number of carbonyl (C=O) groups excluding carboxylic acids is 1. The highest BCUT2D eigenvalue weighted by molar-refractivity contribution is 5.80. The van der Waals surface area contributed by atoms with Gasteiger partial charge in [-0.1, -0.05) is 0 Å². The van der Waals surface area contributed by atoms with Gasteiger partial charge in [-0.25, -0.2) is 4.39 Å². The lowest BCUT2D eigenvalue weighted by atomic mass is 9.84. The largest absolute Gasteiger partial charge is 0.371 e. The molecule has 24 heavy (non-hydrogen) atoms. The Morgan fingerprint density at radius 3 is 2.67 bits per heavy atom. The monoisotopic (exact) mass is 331 g/mol. The standard InChI is InChI=1S/C19H26FN3O/c20-15-3-5-16(6-4-15)23-8-7-12(11-23)10-22-19(24)17-13-1-2-14(9-13)18(17)21/h3-6,12-14,17-18H,1-2,7-11,21H2,(H,22,24). The van der Waals surface area contributed by atoms with Crippen LogP contribution in [0.4, 0.5) is 10.1 Å². The van der Waals surface area contributed by atoms with Crippen LogP contribution in [-0.4, -0.2) is 31.6 Å². The second-order valence-electron chi connectivity index (χ2n) is 7.76. The number of carbonyl (C=O) groups is 1. The molecule has 1 amide bonds. The van der Waals surface area contributed by atoms with Gasteiger partial charge in [0.15, 0.2) is 0 Å². The molecule has 0 radical (unpaired) electrons. The predicted molar refractivity (Wildman–Crippen MR) is 92.0 cm³/mol. The number of nitrogens with one attached hydrogen (secondary N) is 1. The first-order valence-electron chi connectivity index (χ1n) is 9.15. The zero-order valence-electron chi connectivity index (χ0n) is 14.0. The number of benzene rings is 1. The van der Waals surface area contributed by atoms with Crippen molar-refractivity contribution in [1.82, 2.24) is 5.32 Å². The van der Waals surface area contributed by atoms with Gasteiger partial charge in [-0.15, -0.1) is 0 Å². The third-order valence-electron chi connectivity index (χ3n) is 6.33. The maximum absolute atomic E-state index is 13.0. The molecule has 5 heteroatoms. The molecule has 1 aromatic carbocycles. The second-order valence-corrected chi connectivity index (χ2v) is 7.76. The van der Waals surface area contributed by atoms with Gasteiger partial charge < -0.3 is 16.0 Å². The Labute approximate surface area is 142 Å². The van der Waals surface area contributed by atoms with E-state index in [1.807, 2.05) is 12.1 Å². The Bertz CT molecular complexity index is 603. The maximum atomic E-state index is 13.0. The summed E-state index contributed by atoms with van der Waals surface area (Å²) in [6.07, 6.45) is 4.56. The number of nitrogens with two attached hydrogens (primary N) is 1. The lowest BCUT2D eigenvalue weighted by Gasteiger charge is -2.27. The summed E-state index contributed by atoms with van der Waals surface area (Å²) in [6, 6.07) is 6.71. The van der Waals surface area contributed by atoms with E-state index in [4.69, 9.17) is 5.73 Å². The Hall–Kier alpha value is -1.62. The van der Waals surface area contributed by atoms with Crippen molar-refractivity contribution in [3.8, 4) is 0 Å². The molecule has 3 N–H and O–H groups in total. The van der Waals surface area contributed by atoms with Crippen molar-refractivity contribution in [2.24, 2.45) is 29.4 Å². The van der Waals surface area contributed by atoms with E-state index < -0.39 is 0 Å².